The molecule has 1 heterocycles. The molecule has 0 bridgehead atoms. The highest BCUT2D eigenvalue weighted by molar-refractivity contribution is 7.92. The fraction of sp³-hybridized carbons (Fsp3) is 0.0909. The van der Waals surface area contributed by atoms with Crippen LogP contribution in [0.3, 0.4) is 0 Å². The summed E-state index contributed by atoms with van der Waals surface area (Å²) in [5.41, 5.74) is 1.16. The number of benzene rings is 3. The minimum absolute atomic E-state index is 0.0884. The molecule has 0 unspecified atom stereocenters. The zero-order valence-electron chi connectivity index (χ0n) is 16.9. The third-order valence-electron chi connectivity index (χ3n) is 4.46. The maximum atomic E-state index is 14.4. The lowest BCUT2D eigenvalue weighted by molar-refractivity contribution is 0.312. The van der Waals surface area contributed by atoms with Gasteiger partial charge in [-0.1, -0.05) is 23.7 Å². The van der Waals surface area contributed by atoms with E-state index >= 15 is 0 Å². The Kier molecular flexibility index (Phi) is 6.11. The first-order valence-electron chi connectivity index (χ1n) is 9.61. The lowest BCUT2D eigenvalue weighted by Crippen LogP contribution is -2.12. The van der Waals surface area contributed by atoms with Crippen molar-refractivity contribution in [2.24, 2.45) is 0 Å². The predicted molar refractivity (Wildman–Crippen MR) is 120 cm³/mol. The van der Waals surface area contributed by atoms with Crippen LogP contribution in [0.2, 0.25) is 5.02 Å². The molecule has 0 fully saturated rings. The van der Waals surface area contributed by atoms with Gasteiger partial charge in [-0.25, -0.2) is 17.5 Å². The maximum Gasteiger partial charge on any atom is 0.336 e. The lowest BCUT2D eigenvalue weighted by atomic mass is 10.2. The Morgan fingerprint density at radius 2 is 1.72 bits per heavy atom. The molecule has 3 aromatic carbocycles. The van der Waals surface area contributed by atoms with Crippen molar-refractivity contribution in [3.8, 4) is 23.1 Å². The van der Waals surface area contributed by atoms with Gasteiger partial charge in [-0.3, -0.25) is 4.72 Å². The van der Waals surface area contributed by atoms with E-state index in [1.54, 1.807) is 49.4 Å². The van der Waals surface area contributed by atoms with Crippen LogP contribution in [0.1, 0.15) is 6.92 Å². The molecule has 0 atom stereocenters. The van der Waals surface area contributed by atoms with E-state index in [9.17, 15) is 12.8 Å². The van der Waals surface area contributed by atoms with Crippen molar-refractivity contribution in [3.05, 3.63) is 83.6 Å². The number of ether oxygens (including phenoxy) is 1. The third-order valence-corrected chi connectivity index (χ3v) is 6.11. The molecule has 32 heavy (non-hydrogen) atoms. The summed E-state index contributed by atoms with van der Waals surface area (Å²) in [6.45, 7) is 2.15. The van der Waals surface area contributed by atoms with Crippen LogP contribution >= 0.6 is 11.6 Å². The number of rotatable bonds is 7. The summed E-state index contributed by atoms with van der Waals surface area (Å²) in [6.07, 6.45) is 0. The molecule has 0 aliphatic heterocycles. The summed E-state index contributed by atoms with van der Waals surface area (Å²) in [6, 6.07) is 18.6. The molecule has 164 valence electrons. The number of anilines is 1. The van der Waals surface area contributed by atoms with E-state index in [-0.39, 0.29) is 22.3 Å². The van der Waals surface area contributed by atoms with Gasteiger partial charge >= 0.3 is 6.01 Å². The van der Waals surface area contributed by atoms with Gasteiger partial charge in [0.15, 0.2) is 5.82 Å². The van der Waals surface area contributed by atoms with Crippen molar-refractivity contribution in [3.63, 3.8) is 0 Å². The smallest absolute Gasteiger partial charge is 0.336 e. The number of sulfonamides is 1. The molecule has 4 rings (SSSR count). The first kappa shape index (κ1) is 21.8. The van der Waals surface area contributed by atoms with E-state index in [2.05, 4.69) is 14.8 Å². The van der Waals surface area contributed by atoms with E-state index in [0.29, 0.717) is 23.0 Å². The summed E-state index contributed by atoms with van der Waals surface area (Å²) >= 11 is 5.82. The summed E-state index contributed by atoms with van der Waals surface area (Å²) < 4.78 is 48.9. The Hall–Kier alpha value is -3.43. The van der Waals surface area contributed by atoms with Crippen LogP contribution < -0.4 is 9.46 Å². The highest BCUT2D eigenvalue weighted by Crippen LogP contribution is 2.27. The number of nitrogens with one attached hydrogen (secondary N) is 1. The van der Waals surface area contributed by atoms with Gasteiger partial charge in [0.25, 0.3) is 10.0 Å². The normalized spacial score (nSPS) is 11.3. The van der Waals surface area contributed by atoms with Crippen LogP contribution in [0.4, 0.5) is 10.1 Å². The van der Waals surface area contributed by atoms with Gasteiger partial charge in [-0.2, -0.15) is 4.98 Å². The summed E-state index contributed by atoms with van der Waals surface area (Å²) in [5, 5.41) is 4.76. The highest BCUT2D eigenvalue weighted by atomic mass is 35.5. The number of nitrogens with zero attached hydrogens (tertiary/aromatic N) is 3. The number of hydrogen-bond acceptors (Lipinski definition) is 5. The Morgan fingerprint density at radius 3 is 2.38 bits per heavy atom. The van der Waals surface area contributed by atoms with Gasteiger partial charge in [0.2, 0.25) is 0 Å². The summed E-state index contributed by atoms with van der Waals surface area (Å²) in [5.74, 6) is -0.183. The zero-order valence-corrected chi connectivity index (χ0v) is 18.4. The van der Waals surface area contributed by atoms with E-state index in [1.807, 2.05) is 0 Å². The van der Waals surface area contributed by atoms with Crippen molar-refractivity contribution >= 4 is 27.3 Å². The molecule has 4 aromatic rings. The molecule has 0 radical (unpaired) electrons. The van der Waals surface area contributed by atoms with E-state index in [4.69, 9.17) is 16.3 Å². The maximum absolute atomic E-state index is 14.4. The SMILES string of the molecule is CCOc1nc(-c2ccccc2F)n(-c2ccc(NS(=O)(=O)c3ccc(Cl)cc3)cc2)n1. The number of aromatic nitrogens is 3. The van der Waals surface area contributed by atoms with Crippen LogP contribution in [0.5, 0.6) is 6.01 Å². The third kappa shape index (κ3) is 4.58. The molecule has 0 amide bonds. The van der Waals surface area contributed by atoms with E-state index in [1.165, 1.54) is 35.0 Å². The van der Waals surface area contributed by atoms with Crippen molar-refractivity contribution in [2.45, 2.75) is 11.8 Å². The Bertz CT molecular complexity index is 1340. The minimum Gasteiger partial charge on any atom is -0.463 e. The predicted octanol–water partition coefficient (Wildman–Crippen LogP) is 4.93. The van der Waals surface area contributed by atoms with E-state index in [0.717, 1.165) is 0 Å². The molecular weight excluding hydrogens is 455 g/mol. The standard InChI is InChI=1S/C22H18ClFN4O3S/c1-2-31-22-25-21(19-5-3-4-6-20(19)24)28(26-22)17-11-9-16(10-12-17)27-32(29,30)18-13-7-15(23)8-14-18/h3-14,27H,2H2,1H3. The summed E-state index contributed by atoms with van der Waals surface area (Å²) in [7, 11) is -3.78. The molecule has 0 spiro atoms. The van der Waals surface area contributed by atoms with E-state index < -0.39 is 15.8 Å². The molecule has 0 aliphatic rings. The second kappa shape index (κ2) is 8.97. The van der Waals surface area contributed by atoms with Gasteiger partial charge in [0, 0.05) is 10.7 Å². The minimum atomic E-state index is -3.78. The van der Waals surface area contributed by atoms with Gasteiger partial charge in [-0.15, -0.1) is 5.10 Å². The topological polar surface area (TPSA) is 86.1 Å². The number of hydrogen-bond donors (Lipinski definition) is 1. The van der Waals surface area contributed by atoms with Crippen molar-refractivity contribution in [1.82, 2.24) is 14.8 Å². The van der Waals surface area contributed by atoms with Gasteiger partial charge in [-0.05, 0) is 67.6 Å². The van der Waals surface area contributed by atoms with Gasteiger partial charge < -0.3 is 4.74 Å². The van der Waals surface area contributed by atoms with Gasteiger partial charge in [0.1, 0.15) is 5.82 Å². The van der Waals surface area contributed by atoms with Crippen molar-refractivity contribution in [2.75, 3.05) is 11.3 Å². The largest absolute Gasteiger partial charge is 0.463 e. The Labute approximate surface area is 189 Å². The Morgan fingerprint density at radius 1 is 1.03 bits per heavy atom. The van der Waals surface area contributed by atoms with Crippen molar-refractivity contribution in [1.29, 1.82) is 0 Å². The first-order valence-corrected chi connectivity index (χ1v) is 11.5. The zero-order chi connectivity index (χ0) is 22.7. The Balaban J connectivity index is 1.66. The van der Waals surface area contributed by atoms with Crippen LogP contribution in [-0.2, 0) is 10.0 Å². The first-order chi connectivity index (χ1) is 15.4. The molecule has 0 aliphatic carbocycles. The average Bonchev–Trinajstić information content (AvgIpc) is 3.18. The quantitative estimate of drug-likeness (QED) is 0.412. The fourth-order valence-corrected chi connectivity index (χ4v) is 4.16. The number of halogens is 2. The second-order valence-electron chi connectivity index (χ2n) is 6.65. The molecular formula is C22H18ClFN4O3S. The molecule has 1 aromatic heterocycles. The molecule has 0 saturated heterocycles. The van der Waals surface area contributed by atoms with Crippen molar-refractivity contribution < 1.29 is 17.5 Å². The molecule has 0 saturated carbocycles. The summed E-state index contributed by atoms with van der Waals surface area (Å²) in [4.78, 5) is 4.39. The fourth-order valence-electron chi connectivity index (χ4n) is 2.98. The van der Waals surface area contributed by atoms with Crippen LogP contribution in [0.25, 0.3) is 17.1 Å². The van der Waals surface area contributed by atoms with Crippen LogP contribution in [0.15, 0.2) is 77.7 Å². The van der Waals surface area contributed by atoms with Gasteiger partial charge in [0.05, 0.1) is 22.8 Å². The van der Waals surface area contributed by atoms with Crippen LogP contribution in [-0.4, -0.2) is 29.8 Å². The molecule has 1 N–H and O–H groups in total. The molecule has 7 nitrogen and oxygen atoms in total. The average molecular weight is 473 g/mol. The highest BCUT2D eigenvalue weighted by Gasteiger charge is 2.18. The second-order valence-corrected chi connectivity index (χ2v) is 8.77. The van der Waals surface area contributed by atoms with Crippen LogP contribution in [0, 0.1) is 5.82 Å². The lowest BCUT2D eigenvalue weighted by Gasteiger charge is -2.10. The molecule has 10 heteroatoms. The monoisotopic (exact) mass is 472 g/mol.